The van der Waals surface area contributed by atoms with Crippen molar-refractivity contribution < 1.29 is 14.7 Å². The Balaban J connectivity index is 1.90. The second-order valence-corrected chi connectivity index (χ2v) is 6.88. The molecular formula is C16H19NO3S. The van der Waals surface area contributed by atoms with Crippen LogP contribution in [0.5, 0.6) is 0 Å². The van der Waals surface area contributed by atoms with E-state index in [1.54, 1.807) is 16.7 Å². The van der Waals surface area contributed by atoms with Gasteiger partial charge in [-0.1, -0.05) is 36.8 Å². The number of aliphatic carboxylic acids is 1. The Labute approximate surface area is 128 Å². The fourth-order valence-electron chi connectivity index (χ4n) is 3.24. The Kier molecular flexibility index (Phi) is 3.93. The van der Waals surface area contributed by atoms with Crippen LogP contribution in [0.4, 0.5) is 0 Å². The van der Waals surface area contributed by atoms with E-state index >= 15 is 0 Å². The fraction of sp³-hybridized carbons (Fsp3) is 0.500. The van der Waals surface area contributed by atoms with E-state index in [0.717, 1.165) is 30.6 Å². The summed E-state index contributed by atoms with van der Waals surface area (Å²) in [6.45, 7) is 0.537. The summed E-state index contributed by atoms with van der Waals surface area (Å²) in [5, 5.41) is 9.38. The highest BCUT2D eigenvalue weighted by molar-refractivity contribution is 7.99. The van der Waals surface area contributed by atoms with E-state index in [0.29, 0.717) is 12.3 Å². The molecule has 0 spiro atoms. The quantitative estimate of drug-likeness (QED) is 0.929. The zero-order valence-corrected chi connectivity index (χ0v) is 12.6. The van der Waals surface area contributed by atoms with E-state index in [9.17, 15) is 14.7 Å². The topological polar surface area (TPSA) is 57.6 Å². The molecule has 1 saturated heterocycles. The number of hydrogen-bond acceptors (Lipinski definition) is 3. The smallest absolute Gasteiger partial charge is 0.327 e. The van der Waals surface area contributed by atoms with Gasteiger partial charge in [-0.05, 0) is 18.4 Å². The molecule has 1 aliphatic heterocycles. The van der Waals surface area contributed by atoms with E-state index in [1.165, 1.54) is 0 Å². The van der Waals surface area contributed by atoms with Gasteiger partial charge in [-0.2, -0.15) is 11.8 Å². The third-order valence-corrected chi connectivity index (χ3v) is 5.64. The monoisotopic (exact) mass is 305 g/mol. The van der Waals surface area contributed by atoms with Crippen molar-refractivity contribution in [2.75, 3.05) is 18.1 Å². The summed E-state index contributed by atoms with van der Waals surface area (Å²) in [7, 11) is 0. The van der Waals surface area contributed by atoms with E-state index in [1.807, 2.05) is 30.3 Å². The second kappa shape index (κ2) is 5.72. The SMILES string of the molecule is O=C(O)C1CSCCN1C(=O)C1(c2ccccc2)CCC1. The van der Waals surface area contributed by atoms with Gasteiger partial charge < -0.3 is 10.0 Å². The highest BCUT2D eigenvalue weighted by Crippen LogP contribution is 2.45. The van der Waals surface area contributed by atoms with E-state index in [4.69, 9.17) is 0 Å². The molecule has 1 aliphatic carbocycles. The summed E-state index contributed by atoms with van der Waals surface area (Å²) >= 11 is 1.61. The maximum Gasteiger partial charge on any atom is 0.327 e. The molecule has 1 heterocycles. The maximum atomic E-state index is 13.1. The fourth-order valence-corrected chi connectivity index (χ4v) is 4.28. The molecule has 2 aliphatic rings. The van der Waals surface area contributed by atoms with Crippen LogP contribution in [0.25, 0.3) is 0 Å². The van der Waals surface area contributed by atoms with Crippen LogP contribution in [0.2, 0.25) is 0 Å². The van der Waals surface area contributed by atoms with Gasteiger partial charge in [0.15, 0.2) is 0 Å². The van der Waals surface area contributed by atoms with E-state index in [2.05, 4.69) is 0 Å². The van der Waals surface area contributed by atoms with Crippen molar-refractivity contribution in [2.45, 2.75) is 30.7 Å². The molecule has 0 radical (unpaired) electrons. The van der Waals surface area contributed by atoms with Crippen molar-refractivity contribution in [3.63, 3.8) is 0 Å². The van der Waals surface area contributed by atoms with E-state index < -0.39 is 17.4 Å². The van der Waals surface area contributed by atoms with E-state index in [-0.39, 0.29) is 5.91 Å². The number of amides is 1. The Morgan fingerprint density at radius 2 is 1.95 bits per heavy atom. The molecule has 2 fully saturated rings. The molecule has 1 aromatic rings. The van der Waals surface area contributed by atoms with Crippen LogP contribution in [0.1, 0.15) is 24.8 Å². The van der Waals surface area contributed by atoms with Crippen molar-refractivity contribution in [2.24, 2.45) is 0 Å². The summed E-state index contributed by atoms with van der Waals surface area (Å²) in [5.41, 5.74) is 0.542. The summed E-state index contributed by atoms with van der Waals surface area (Å²) in [6.07, 6.45) is 2.68. The standard InChI is InChI=1S/C16H19NO3S/c18-14(19)13-11-21-10-9-17(13)15(20)16(7-4-8-16)12-5-2-1-3-6-12/h1-3,5-6,13H,4,7-11H2,(H,18,19). The molecule has 1 amide bonds. The van der Waals surface area contributed by atoms with Crippen LogP contribution in [-0.4, -0.2) is 46.0 Å². The molecule has 1 N–H and O–H groups in total. The first kappa shape index (κ1) is 14.4. The van der Waals surface area contributed by atoms with Crippen molar-refractivity contribution in [3.8, 4) is 0 Å². The third-order valence-electron chi connectivity index (χ3n) is 4.62. The maximum absolute atomic E-state index is 13.1. The number of rotatable bonds is 3. The molecule has 112 valence electrons. The van der Waals surface area contributed by atoms with Crippen molar-refractivity contribution in [3.05, 3.63) is 35.9 Å². The first-order valence-electron chi connectivity index (χ1n) is 7.32. The molecule has 1 atom stereocenters. The summed E-state index contributed by atoms with van der Waals surface area (Å²) in [5.74, 6) is 0.428. The van der Waals surface area contributed by atoms with Crippen LogP contribution < -0.4 is 0 Å². The first-order chi connectivity index (χ1) is 10.1. The number of carbonyl (C=O) groups excluding carboxylic acids is 1. The Morgan fingerprint density at radius 1 is 1.24 bits per heavy atom. The Bertz CT molecular complexity index is 542. The molecule has 3 rings (SSSR count). The zero-order chi connectivity index (χ0) is 14.9. The minimum absolute atomic E-state index is 0.00708. The molecule has 1 unspecified atom stereocenters. The number of nitrogens with zero attached hydrogens (tertiary/aromatic N) is 1. The highest BCUT2D eigenvalue weighted by atomic mass is 32.2. The van der Waals surface area contributed by atoms with Crippen LogP contribution in [0.15, 0.2) is 30.3 Å². The largest absolute Gasteiger partial charge is 0.480 e. The summed E-state index contributed by atoms with van der Waals surface area (Å²) < 4.78 is 0. The summed E-state index contributed by atoms with van der Waals surface area (Å²) in [6, 6.07) is 9.14. The second-order valence-electron chi connectivity index (χ2n) is 5.73. The number of carboxylic acids is 1. The number of benzene rings is 1. The van der Waals surface area contributed by atoms with Gasteiger partial charge in [-0.3, -0.25) is 4.79 Å². The number of thioether (sulfide) groups is 1. The Morgan fingerprint density at radius 3 is 2.52 bits per heavy atom. The molecule has 0 aromatic heterocycles. The van der Waals surface area contributed by atoms with Crippen molar-refractivity contribution >= 4 is 23.6 Å². The number of hydrogen-bond donors (Lipinski definition) is 1. The average Bonchev–Trinajstić information content (AvgIpc) is 2.47. The molecule has 0 bridgehead atoms. The highest BCUT2D eigenvalue weighted by Gasteiger charge is 2.49. The lowest BCUT2D eigenvalue weighted by Gasteiger charge is -2.46. The van der Waals surface area contributed by atoms with Gasteiger partial charge in [-0.25, -0.2) is 4.79 Å². The number of carbonyl (C=O) groups is 2. The van der Waals surface area contributed by atoms with Crippen LogP contribution >= 0.6 is 11.8 Å². The Hall–Kier alpha value is -1.49. The van der Waals surface area contributed by atoms with Gasteiger partial charge in [-0.15, -0.1) is 0 Å². The molecule has 5 heteroatoms. The zero-order valence-electron chi connectivity index (χ0n) is 11.8. The lowest BCUT2D eigenvalue weighted by molar-refractivity contribution is -0.153. The molecule has 21 heavy (non-hydrogen) atoms. The molecule has 1 aromatic carbocycles. The van der Waals surface area contributed by atoms with Gasteiger partial charge in [0, 0.05) is 18.1 Å². The minimum atomic E-state index is -0.891. The third kappa shape index (κ3) is 2.44. The van der Waals surface area contributed by atoms with Crippen molar-refractivity contribution in [1.29, 1.82) is 0 Å². The predicted molar refractivity (Wildman–Crippen MR) is 82.4 cm³/mol. The van der Waals surface area contributed by atoms with Gasteiger partial charge in [0.1, 0.15) is 6.04 Å². The first-order valence-corrected chi connectivity index (χ1v) is 8.48. The van der Waals surface area contributed by atoms with Crippen LogP contribution in [-0.2, 0) is 15.0 Å². The van der Waals surface area contributed by atoms with Gasteiger partial charge in [0.25, 0.3) is 0 Å². The normalized spacial score (nSPS) is 24.2. The van der Waals surface area contributed by atoms with Crippen molar-refractivity contribution in [1.82, 2.24) is 4.90 Å². The molecular weight excluding hydrogens is 286 g/mol. The minimum Gasteiger partial charge on any atom is -0.480 e. The van der Waals surface area contributed by atoms with Crippen LogP contribution in [0.3, 0.4) is 0 Å². The average molecular weight is 305 g/mol. The van der Waals surface area contributed by atoms with Gasteiger partial charge in [0.2, 0.25) is 5.91 Å². The molecule has 4 nitrogen and oxygen atoms in total. The molecule has 1 saturated carbocycles. The van der Waals surface area contributed by atoms with Gasteiger partial charge >= 0.3 is 5.97 Å². The lowest BCUT2D eigenvalue weighted by atomic mass is 9.63. The predicted octanol–water partition coefficient (Wildman–Crippen LogP) is 2.14. The van der Waals surface area contributed by atoms with Gasteiger partial charge in [0.05, 0.1) is 5.41 Å². The number of carboxylic acid groups (broad SMARTS) is 1. The van der Waals surface area contributed by atoms with Crippen LogP contribution in [0, 0.1) is 0 Å². The summed E-state index contributed by atoms with van der Waals surface area (Å²) in [4.78, 5) is 26.1. The lowest BCUT2D eigenvalue weighted by Crippen LogP contribution is -2.58.